The molecule has 1 aromatic heterocycles. The van der Waals surface area contributed by atoms with Crippen molar-refractivity contribution in [1.82, 2.24) is 9.55 Å². The van der Waals surface area contributed by atoms with Gasteiger partial charge in [-0.05, 0) is 12.1 Å². The molecule has 2 rings (SSSR count). The second kappa shape index (κ2) is 3.68. The summed E-state index contributed by atoms with van der Waals surface area (Å²) in [7, 11) is 0. The Kier molecular flexibility index (Phi) is 2.37. The van der Waals surface area contributed by atoms with Crippen LogP contribution in [-0.2, 0) is 6.54 Å². The topological polar surface area (TPSA) is 43.8 Å². The second-order valence-corrected chi connectivity index (χ2v) is 3.11. The third-order valence-corrected chi connectivity index (χ3v) is 2.14. The van der Waals surface area contributed by atoms with Gasteiger partial charge >= 0.3 is 0 Å². The minimum Gasteiger partial charge on any atom is -0.369 e. The van der Waals surface area contributed by atoms with Crippen LogP contribution < -0.4 is 5.73 Å². The summed E-state index contributed by atoms with van der Waals surface area (Å²) in [5, 5.41) is 0. The van der Waals surface area contributed by atoms with Crippen LogP contribution in [-0.4, -0.2) is 9.55 Å². The number of benzene rings is 1. The van der Waals surface area contributed by atoms with Crippen LogP contribution in [0.1, 0.15) is 5.56 Å². The van der Waals surface area contributed by atoms with E-state index in [4.69, 9.17) is 5.73 Å². The number of nitrogens with zero attached hydrogens (tertiary/aromatic N) is 2. The Balaban J connectivity index is 2.36. The van der Waals surface area contributed by atoms with Crippen LogP contribution in [0, 0.1) is 11.6 Å². The summed E-state index contributed by atoms with van der Waals surface area (Å²) in [6.07, 6.45) is 3.05. The standard InChI is InChI=1S/C10H9F2N3/c11-8-2-1-3-9(12)7(8)6-15-5-4-14-10(15)13/h1-5H,6H2,(H2,13,14). The van der Waals surface area contributed by atoms with Crippen LogP contribution >= 0.6 is 0 Å². The van der Waals surface area contributed by atoms with Crippen molar-refractivity contribution >= 4 is 5.95 Å². The summed E-state index contributed by atoms with van der Waals surface area (Å²) in [4.78, 5) is 3.77. The van der Waals surface area contributed by atoms with Gasteiger partial charge in [0.2, 0.25) is 0 Å². The van der Waals surface area contributed by atoms with E-state index in [9.17, 15) is 8.78 Å². The zero-order valence-corrected chi connectivity index (χ0v) is 7.82. The number of nitrogen functional groups attached to an aromatic ring is 1. The van der Waals surface area contributed by atoms with E-state index in [-0.39, 0.29) is 18.1 Å². The molecule has 1 heterocycles. The molecule has 0 atom stereocenters. The van der Waals surface area contributed by atoms with Gasteiger partial charge in [-0.3, -0.25) is 0 Å². The number of nitrogens with two attached hydrogens (primary N) is 1. The maximum Gasteiger partial charge on any atom is 0.200 e. The lowest BCUT2D eigenvalue weighted by molar-refractivity contribution is 0.545. The van der Waals surface area contributed by atoms with Crippen molar-refractivity contribution in [1.29, 1.82) is 0 Å². The highest BCUT2D eigenvalue weighted by atomic mass is 19.1. The molecule has 0 aliphatic carbocycles. The first-order chi connectivity index (χ1) is 7.18. The van der Waals surface area contributed by atoms with Gasteiger partial charge in [-0.1, -0.05) is 6.07 Å². The summed E-state index contributed by atoms with van der Waals surface area (Å²) in [6, 6.07) is 3.75. The maximum atomic E-state index is 13.3. The Morgan fingerprint density at radius 2 is 1.93 bits per heavy atom. The molecule has 2 aromatic rings. The molecule has 0 unspecified atom stereocenters. The van der Waals surface area contributed by atoms with Gasteiger partial charge in [-0.2, -0.15) is 0 Å². The zero-order chi connectivity index (χ0) is 10.8. The average molecular weight is 209 g/mol. The van der Waals surface area contributed by atoms with E-state index in [1.54, 1.807) is 6.20 Å². The molecule has 78 valence electrons. The molecule has 0 radical (unpaired) electrons. The first-order valence-electron chi connectivity index (χ1n) is 4.38. The minimum absolute atomic E-state index is 0.0119. The number of imidazole rings is 1. The van der Waals surface area contributed by atoms with Crippen molar-refractivity contribution in [3.8, 4) is 0 Å². The number of halogens is 2. The fraction of sp³-hybridized carbons (Fsp3) is 0.100. The van der Waals surface area contributed by atoms with E-state index >= 15 is 0 Å². The number of aromatic nitrogens is 2. The molecule has 5 heteroatoms. The third kappa shape index (κ3) is 1.81. The van der Waals surface area contributed by atoms with Gasteiger partial charge in [0, 0.05) is 18.0 Å². The highest BCUT2D eigenvalue weighted by Gasteiger charge is 2.09. The highest BCUT2D eigenvalue weighted by molar-refractivity contribution is 5.24. The lowest BCUT2D eigenvalue weighted by Crippen LogP contribution is -2.07. The second-order valence-electron chi connectivity index (χ2n) is 3.11. The van der Waals surface area contributed by atoms with Crippen molar-refractivity contribution in [2.75, 3.05) is 5.73 Å². The largest absolute Gasteiger partial charge is 0.369 e. The number of hydrogen-bond acceptors (Lipinski definition) is 2. The number of hydrogen-bond donors (Lipinski definition) is 1. The number of anilines is 1. The molecule has 15 heavy (non-hydrogen) atoms. The smallest absolute Gasteiger partial charge is 0.200 e. The summed E-state index contributed by atoms with van der Waals surface area (Å²) in [5.41, 5.74) is 5.48. The first-order valence-corrected chi connectivity index (χ1v) is 4.38. The van der Waals surface area contributed by atoms with Crippen LogP contribution in [0.3, 0.4) is 0 Å². The Labute approximate surface area is 85.2 Å². The lowest BCUT2D eigenvalue weighted by Gasteiger charge is -2.06. The average Bonchev–Trinajstić information content (AvgIpc) is 2.58. The Morgan fingerprint density at radius 3 is 2.47 bits per heavy atom. The van der Waals surface area contributed by atoms with Gasteiger partial charge < -0.3 is 10.3 Å². The van der Waals surface area contributed by atoms with E-state index in [2.05, 4.69) is 4.98 Å². The maximum absolute atomic E-state index is 13.3. The molecule has 0 fully saturated rings. The molecule has 3 nitrogen and oxygen atoms in total. The van der Waals surface area contributed by atoms with E-state index in [1.807, 2.05) is 0 Å². The Hall–Kier alpha value is -1.91. The summed E-state index contributed by atoms with van der Waals surface area (Å²) < 4.78 is 28.0. The van der Waals surface area contributed by atoms with Crippen LogP contribution in [0.4, 0.5) is 14.7 Å². The third-order valence-electron chi connectivity index (χ3n) is 2.14. The van der Waals surface area contributed by atoms with Gasteiger partial charge in [-0.25, -0.2) is 13.8 Å². The molecule has 1 aromatic carbocycles. The van der Waals surface area contributed by atoms with Crippen molar-refractivity contribution in [2.45, 2.75) is 6.54 Å². The van der Waals surface area contributed by atoms with Crippen molar-refractivity contribution in [3.63, 3.8) is 0 Å². The van der Waals surface area contributed by atoms with E-state index in [0.29, 0.717) is 0 Å². The SMILES string of the molecule is Nc1nccn1Cc1c(F)cccc1F. The van der Waals surface area contributed by atoms with Gasteiger partial charge in [-0.15, -0.1) is 0 Å². The first kappa shape index (κ1) is 9.64. The predicted octanol–water partition coefficient (Wildman–Crippen LogP) is 1.79. The van der Waals surface area contributed by atoms with E-state index < -0.39 is 11.6 Å². The Bertz CT molecular complexity index is 459. The van der Waals surface area contributed by atoms with Crippen LogP contribution in [0.25, 0.3) is 0 Å². The monoisotopic (exact) mass is 209 g/mol. The molecule has 0 bridgehead atoms. The molecule has 0 saturated carbocycles. The molecule has 0 aliphatic heterocycles. The molecule has 0 aliphatic rings. The van der Waals surface area contributed by atoms with Gasteiger partial charge in [0.25, 0.3) is 0 Å². The van der Waals surface area contributed by atoms with Crippen molar-refractivity contribution < 1.29 is 8.78 Å². The van der Waals surface area contributed by atoms with E-state index in [1.165, 1.54) is 29.0 Å². The molecule has 2 N–H and O–H groups in total. The molecular formula is C10H9F2N3. The van der Waals surface area contributed by atoms with Gasteiger partial charge in [0.1, 0.15) is 11.6 Å². The predicted molar refractivity (Wildman–Crippen MR) is 52.1 cm³/mol. The molecular weight excluding hydrogens is 200 g/mol. The normalized spacial score (nSPS) is 10.5. The van der Waals surface area contributed by atoms with Crippen LogP contribution in [0.5, 0.6) is 0 Å². The summed E-state index contributed by atoms with van der Waals surface area (Å²) in [6.45, 7) is 0.0460. The van der Waals surface area contributed by atoms with Gasteiger partial charge in [0.05, 0.1) is 6.54 Å². The quantitative estimate of drug-likeness (QED) is 0.819. The molecule has 0 amide bonds. The molecule has 0 spiro atoms. The number of rotatable bonds is 2. The summed E-state index contributed by atoms with van der Waals surface area (Å²) >= 11 is 0. The lowest BCUT2D eigenvalue weighted by atomic mass is 10.2. The van der Waals surface area contributed by atoms with Crippen molar-refractivity contribution in [3.05, 3.63) is 47.8 Å². The van der Waals surface area contributed by atoms with E-state index in [0.717, 1.165) is 0 Å². The zero-order valence-electron chi connectivity index (χ0n) is 7.82. The minimum atomic E-state index is -0.580. The molecule has 0 saturated heterocycles. The fourth-order valence-corrected chi connectivity index (χ4v) is 1.33. The summed E-state index contributed by atoms with van der Waals surface area (Å²) in [5.74, 6) is -0.927. The van der Waals surface area contributed by atoms with Crippen LogP contribution in [0.15, 0.2) is 30.6 Å². The van der Waals surface area contributed by atoms with Gasteiger partial charge in [0.15, 0.2) is 5.95 Å². The fourth-order valence-electron chi connectivity index (χ4n) is 1.33. The van der Waals surface area contributed by atoms with Crippen LogP contribution in [0.2, 0.25) is 0 Å². The Morgan fingerprint density at radius 1 is 1.27 bits per heavy atom. The van der Waals surface area contributed by atoms with Crippen molar-refractivity contribution in [2.24, 2.45) is 0 Å². The highest BCUT2D eigenvalue weighted by Crippen LogP contribution is 2.14.